The van der Waals surface area contributed by atoms with Crippen molar-refractivity contribution in [2.24, 2.45) is 0 Å². The van der Waals surface area contributed by atoms with Crippen molar-refractivity contribution in [1.29, 1.82) is 0 Å². The Morgan fingerprint density at radius 2 is 2.11 bits per heavy atom. The maximum absolute atomic E-state index is 10.8. The summed E-state index contributed by atoms with van der Waals surface area (Å²) in [5.74, 6) is -0.687. The first-order valence-corrected chi connectivity index (χ1v) is 5.19. The van der Waals surface area contributed by atoms with E-state index in [1.165, 1.54) is 12.1 Å². The van der Waals surface area contributed by atoms with Crippen LogP contribution in [0.25, 0.3) is 0 Å². The van der Waals surface area contributed by atoms with Crippen molar-refractivity contribution in [1.82, 2.24) is 0 Å². The van der Waals surface area contributed by atoms with Crippen LogP contribution in [-0.4, -0.2) is 22.6 Å². The van der Waals surface area contributed by atoms with Crippen LogP contribution in [0.15, 0.2) is 24.3 Å². The molecule has 0 radical (unpaired) electrons. The number of carboxylic acid groups (broad SMARTS) is 1. The molecule has 0 saturated carbocycles. The van der Waals surface area contributed by atoms with Crippen LogP contribution in [-0.2, 0) is 4.79 Å². The second-order valence-corrected chi connectivity index (χ2v) is 3.71. The first kappa shape index (κ1) is 13.7. The average Bonchev–Trinajstić information content (AvgIpc) is 2.25. The first-order chi connectivity index (χ1) is 8.41. The topological polar surface area (TPSA) is 89.7 Å². The van der Waals surface area contributed by atoms with E-state index in [2.05, 4.69) is 0 Å². The molecule has 1 aromatic rings. The van der Waals surface area contributed by atoms with Crippen LogP contribution < -0.4 is 4.74 Å². The van der Waals surface area contributed by atoms with Gasteiger partial charge in [-0.05, 0) is 31.6 Å². The third kappa shape index (κ3) is 3.58. The molecule has 0 amide bonds. The van der Waals surface area contributed by atoms with Crippen molar-refractivity contribution < 1.29 is 19.6 Å². The third-order valence-corrected chi connectivity index (χ3v) is 2.29. The molecular weight excluding hydrogens is 238 g/mol. The second kappa shape index (κ2) is 5.81. The Balaban J connectivity index is 2.86. The Morgan fingerprint density at radius 3 is 2.67 bits per heavy atom. The lowest BCUT2D eigenvalue weighted by molar-refractivity contribution is -0.385. The molecule has 1 aromatic carbocycles. The molecule has 1 N–H and O–H groups in total. The predicted octanol–water partition coefficient (Wildman–Crippen LogP) is 2.23. The highest BCUT2D eigenvalue weighted by Gasteiger charge is 2.14. The van der Waals surface area contributed by atoms with Gasteiger partial charge in [-0.1, -0.05) is 0 Å². The van der Waals surface area contributed by atoms with Gasteiger partial charge in [0.25, 0.3) is 5.69 Å². The highest BCUT2D eigenvalue weighted by atomic mass is 16.6. The quantitative estimate of drug-likeness (QED) is 0.492. The van der Waals surface area contributed by atoms with Crippen LogP contribution in [0.5, 0.6) is 5.75 Å². The van der Waals surface area contributed by atoms with E-state index in [1.54, 1.807) is 19.9 Å². The van der Waals surface area contributed by atoms with E-state index in [-0.39, 0.29) is 12.3 Å². The summed E-state index contributed by atoms with van der Waals surface area (Å²) in [6.07, 6.45) is 2.28. The van der Waals surface area contributed by atoms with E-state index < -0.39 is 10.9 Å². The van der Waals surface area contributed by atoms with Gasteiger partial charge in [-0.2, -0.15) is 0 Å². The van der Waals surface area contributed by atoms with Crippen molar-refractivity contribution in [3.8, 4) is 5.75 Å². The minimum atomic E-state index is -1.06. The summed E-state index contributed by atoms with van der Waals surface area (Å²) in [5.41, 5.74) is 1.31. The molecular formula is C12H13NO5. The standard InChI is InChI=1S/C12H13NO5/c1-8-6-9(2)11(7-10(8)13(16)17)18-5-3-4-12(14)15/h3-4,6-7H,5H2,1-2H3,(H,14,15)/b4-3+. The van der Waals surface area contributed by atoms with Crippen LogP contribution >= 0.6 is 0 Å². The smallest absolute Gasteiger partial charge is 0.328 e. The van der Waals surface area contributed by atoms with Crippen LogP contribution in [0.3, 0.4) is 0 Å². The molecule has 18 heavy (non-hydrogen) atoms. The Morgan fingerprint density at radius 1 is 1.44 bits per heavy atom. The molecule has 0 fully saturated rings. The van der Waals surface area contributed by atoms with Crippen molar-refractivity contribution in [3.05, 3.63) is 45.5 Å². The molecule has 0 unspecified atom stereocenters. The monoisotopic (exact) mass is 251 g/mol. The maximum Gasteiger partial charge on any atom is 0.328 e. The van der Waals surface area contributed by atoms with Gasteiger partial charge in [-0.3, -0.25) is 10.1 Å². The van der Waals surface area contributed by atoms with E-state index in [0.717, 1.165) is 11.6 Å². The van der Waals surface area contributed by atoms with Crippen LogP contribution in [0.1, 0.15) is 11.1 Å². The number of benzene rings is 1. The van der Waals surface area contributed by atoms with Gasteiger partial charge in [0.05, 0.1) is 11.0 Å². The number of ether oxygens (including phenoxy) is 1. The normalized spacial score (nSPS) is 10.6. The number of nitro groups is 1. The number of nitrogens with zero attached hydrogens (tertiary/aromatic N) is 1. The number of hydrogen-bond acceptors (Lipinski definition) is 4. The Hall–Kier alpha value is -2.37. The van der Waals surface area contributed by atoms with Gasteiger partial charge in [-0.25, -0.2) is 4.79 Å². The summed E-state index contributed by atoms with van der Waals surface area (Å²) in [6, 6.07) is 3.01. The number of carboxylic acids is 1. The van der Waals surface area contributed by atoms with Crippen molar-refractivity contribution >= 4 is 11.7 Å². The van der Waals surface area contributed by atoms with Gasteiger partial charge < -0.3 is 9.84 Å². The molecule has 0 spiro atoms. The van der Waals surface area contributed by atoms with Crippen molar-refractivity contribution in [2.75, 3.05) is 6.61 Å². The van der Waals surface area contributed by atoms with E-state index in [9.17, 15) is 14.9 Å². The van der Waals surface area contributed by atoms with Gasteiger partial charge in [0.15, 0.2) is 0 Å². The zero-order valence-electron chi connectivity index (χ0n) is 10.0. The van der Waals surface area contributed by atoms with Gasteiger partial charge >= 0.3 is 5.97 Å². The number of aliphatic carboxylic acids is 1. The summed E-state index contributed by atoms with van der Waals surface area (Å²) in [5, 5.41) is 19.1. The summed E-state index contributed by atoms with van der Waals surface area (Å²) < 4.78 is 5.28. The lowest BCUT2D eigenvalue weighted by Gasteiger charge is -2.08. The highest BCUT2D eigenvalue weighted by molar-refractivity contribution is 5.79. The van der Waals surface area contributed by atoms with E-state index in [0.29, 0.717) is 11.3 Å². The number of carbonyl (C=O) groups is 1. The third-order valence-electron chi connectivity index (χ3n) is 2.29. The summed E-state index contributed by atoms with van der Waals surface area (Å²) >= 11 is 0. The minimum absolute atomic E-state index is 0.0159. The molecule has 0 aromatic heterocycles. The Labute approximate surface area is 104 Å². The Bertz CT molecular complexity index is 507. The number of aryl methyl sites for hydroxylation is 2. The summed E-state index contributed by atoms with van der Waals surface area (Å²) in [6.45, 7) is 3.47. The van der Waals surface area contributed by atoms with Gasteiger partial charge in [0.2, 0.25) is 0 Å². The zero-order valence-corrected chi connectivity index (χ0v) is 10.0. The molecule has 6 heteroatoms. The van der Waals surface area contributed by atoms with Crippen LogP contribution in [0, 0.1) is 24.0 Å². The van der Waals surface area contributed by atoms with Crippen molar-refractivity contribution in [3.63, 3.8) is 0 Å². The lowest BCUT2D eigenvalue weighted by atomic mass is 10.1. The molecule has 0 heterocycles. The van der Waals surface area contributed by atoms with E-state index >= 15 is 0 Å². The first-order valence-electron chi connectivity index (χ1n) is 5.19. The molecule has 96 valence electrons. The summed E-state index contributed by atoms with van der Waals surface area (Å²) in [7, 11) is 0. The minimum Gasteiger partial charge on any atom is -0.489 e. The molecule has 0 saturated heterocycles. The largest absolute Gasteiger partial charge is 0.489 e. The number of hydrogen-bond donors (Lipinski definition) is 1. The SMILES string of the molecule is Cc1cc(C)c([N+](=O)[O-])cc1OC/C=C/C(=O)O. The molecule has 1 rings (SSSR count). The molecule has 0 aliphatic carbocycles. The lowest BCUT2D eigenvalue weighted by Crippen LogP contribution is -2.00. The molecule has 6 nitrogen and oxygen atoms in total. The molecule has 0 aliphatic heterocycles. The second-order valence-electron chi connectivity index (χ2n) is 3.71. The van der Waals surface area contributed by atoms with E-state index in [1.807, 2.05) is 0 Å². The van der Waals surface area contributed by atoms with Crippen LogP contribution in [0.4, 0.5) is 5.69 Å². The summed E-state index contributed by atoms with van der Waals surface area (Å²) in [4.78, 5) is 20.5. The average molecular weight is 251 g/mol. The van der Waals surface area contributed by atoms with Gasteiger partial charge in [-0.15, -0.1) is 0 Å². The molecule has 0 aliphatic rings. The van der Waals surface area contributed by atoms with Gasteiger partial charge in [0, 0.05) is 11.6 Å². The fourth-order valence-electron chi connectivity index (χ4n) is 1.46. The van der Waals surface area contributed by atoms with Gasteiger partial charge in [0.1, 0.15) is 12.4 Å². The fourth-order valence-corrected chi connectivity index (χ4v) is 1.46. The molecule has 0 atom stereocenters. The van der Waals surface area contributed by atoms with Crippen molar-refractivity contribution in [2.45, 2.75) is 13.8 Å². The fraction of sp³-hybridized carbons (Fsp3) is 0.250. The maximum atomic E-state index is 10.8. The highest BCUT2D eigenvalue weighted by Crippen LogP contribution is 2.27. The Kier molecular flexibility index (Phi) is 4.42. The van der Waals surface area contributed by atoms with E-state index in [4.69, 9.17) is 9.84 Å². The zero-order chi connectivity index (χ0) is 13.7. The molecule has 0 bridgehead atoms. The predicted molar refractivity (Wildman–Crippen MR) is 64.8 cm³/mol. The number of nitro benzene ring substituents is 1. The van der Waals surface area contributed by atoms with Crippen LogP contribution in [0.2, 0.25) is 0 Å². The number of rotatable bonds is 5.